The lowest BCUT2D eigenvalue weighted by atomic mass is 9.96. The van der Waals surface area contributed by atoms with Gasteiger partial charge in [0.05, 0.1) is 0 Å². The van der Waals surface area contributed by atoms with Crippen LogP contribution in [0.4, 0.5) is 0 Å². The van der Waals surface area contributed by atoms with Crippen molar-refractivity contribution in [1.82, 2.24) is 14.5 Å². The van der Waals surface area contributed by atoms with E-state index < -0.39 is 0 Å². The minimum atomic E-state index is 0.118. The summed E-state index contributed by atoms with van der Waals surface area (Å²) in [6.45, 7) is 5.90. The highest BCUT2D eigenvalue weighted by Gasteiger charge is 2.28. The first-order valence-electron chi connectivity index (χ1n) is 10.1. The molecule has 0 bridgehead atoms. The van der Waals surface area contributed by atoms with E-state index in [1.54, 1.807) is 0 Å². The molecule has 1 saturated heterocycles. The highest BCUT2D eigenvalue weighted by atomic mass is 16.2. The molecule has 4 heteroatoms. The van der Waals surface area contributed by atoms with Crippen molar-refractivity contribution in [3.63, 3.8) is 0 Å². The summed E-state index contributed by atoms with van der Waals surface area (Å²) in [6, 6.07) is 18.6. The lowest BCUT2D eigenvalue weighted by Crippen LogP contribution is -2.39. The van der Waals surface area contributed by atoms with Crippen LogP contribution in [-0.4, -0.2) is 33.4 Å². The van der Waals surface area contributed by atoms with Crippen LogP contribution in [0, 0.1) is 0 Å². The molecule has 0 N–H and O–H groups in total. The van der Waals surface area contributed by atoms with E-state index in [4.69, 9.17) is 0 Å². The normalized spacial score (nSPS) is 17.1. The molecule has 3 aromatic rings. The molecule has 1 fully saturated rings. The van der Waals surface area contributed by atoms with Gasteiger partial charge < -0.3 is 9.47 Å². The second kappa shape index (κ2) is 8.01. The first kappa shape index (κ1) is 18.5. The Bertz CT molecular complexity index is 928. The number of piperidine rings is 1. The molecule has 1 aliphatic heterocycles. The van der Waals surface area contributed by atoms with Crippen molar-refractivity contribution in [2.24, 2.45) is 0 Å². The summed E-state index contributed by atoms with van der Waals surface area (Å²) in [6.07, 6.45) is 6.02. The molecule has 144 valence electrons. The van der Waals surface area contributed by atoms with Gasteiger partial charge >= 0.3 is 0 Å². The van der Waals surface area contributed by atoms with Crippen LogP contribution in [0.3, 0.4) is 0 Å². The topological polar surface area (TPSA) is 38.1 Å². The van der Waals surface area contributed by atoms with Crippen LogP contribution in [0.1, 0.15) is 54.8 Å². The van der Waals surface area contributed by atoms with Crippen LogP contribution in [0.15, 0.2) is 67.0 Å². The van der Waals surface area contributed by atoms with Crippen LogP contribution in [0.5, 0.6) is 0 Å². The predicted molar refractivity (Wildman–Crippen MR) is 112 cm³/mol. The Labute approximate surface area is 166 Å². The molecule has 4 rings (SSSR count). The second-order valence-corrected chi connectivity index (χ2v) is 7.82. The van der Waals surface area contributed by atoms with Crippen molar-refractivity contribution >= 4 is 5.91 Å². The third-order valence-electron chi connectivity index (χ3n) is 5.57. The van der Waals surface area contributed by atoms with Crippen molar-refractivity contribution in [3.8, 4) is 11.1 Å². The fourth-order valence-electron chi connectivity index (χ4n) is 4.07. The van der Waals surface area contributed by atoms with E-state index in [-0.39, 0.29) is 5.91 Å². The van der Waals surface area contributed by atoms with Gasteiger partial charge in [0.15, 0.2) is 0 Å². The number of carbonyl (C=O) groups is 1. The van der Waals surface area contributed by atoms with E-state index in [0.717, 1.165) is 42.9 Å². The molecular weight excluding hydrogens is 346 g/mol. The Kier molecular flexibility index (Phi) is 5.29. The quantitative estimate of drug-likeness (QED) is 0.634. The van der Waals surface area contributed by atoms with E-state index in [1.807, 2.05) is 59.8 Å². The highest BCUT2D eigenvalue weighted by molar-refractivity contribution is 5.94. The minimum Gasteiger partial charge on any atom is -0.338 e. The maximum absolute atomic E-state index is 13.1. The molecule has 1 aliphatic rings. The molecular formula is C24H27N3O. The first-order valence-corrected chi connectivity index (χ1v) is 10.1. The number of hydrogen-bond acceptors (Lipinski definition) is 2. The Morgan fingerprint density at radius 2 is 1.75 bits per heavy atom. The lowest BCUT2D eigenvalue weighted by molar-refractivity contribution is 0.0703. The van der Waals surface area contributed by atoms with Gasteiger partial charge in [-0.15, -0.1) is 0 Å². The van der Waals surface area contributed by atoms with Crippen molar-refractivity contribution in [2.45, 2.75) is 38.6 Å². The second-order valence-electron chi connectivity index (χ2n) is 7.82. The molecule has 1 aromatic heterocycles. The molecule has 0 aliphatic carbocycles. The van der Waals surface area contributed by atoms with Gasteiger partial charge in [-0.1, -0.05) is 42.5 Å². The molecule has 1 atom stereocenters. The third-order valence-corrected chi connectivity index (χ3v) is 5.57. The zero-order valence-electron chi connectivity index (χ0n) is 16.6. The molecule has 2 heterocycles. The number of aromatic nitrogens is 2. The Morgan fingerprint density at radius 1 is 1.04 bits per heavy atom. The summed E-state index contributed by atoms with van der Waals surface area (Å²) in [5.41, 5.74) is 3.06. The number of likely N-dealkylation sites (tertiary alicyclic amines) is 1. The van der Waals surface area contributed by atoms with Gasteiger partial charge in [-0.2, -0.15) is 0 Å². The van der Waals surface area contributed by atoms with Crippen molar-refractivity contribution < 1.29 is 4.79 Å². The molecule has 1 amide bonds. The van der Waals surface area contributed by atoms with E-state index in [2.05, 4.69) is 35.5 Å². The zero-order valence-corrected chi connectivity index (χ0v) is 16.6. The van der Waals surface area contributed by atoms with Gasteiger partial charge in [0.25, 0.3) is 5.91 Å². The summed E-state index contributed by atoms with van der Waals surface area (Å²) >= 11 is 0. The average Bonchev–Trinajstić information content (AvgIpc) is 3.24. The summed E-state index contributed by atoms with van der Waals surface area (Å²) in [4.78, 5) is 19.7. The molecule has 4 nitrogen and oxygen atoms in total. The fourth-order valence-corrected chi connectivity index (χ4v) is 4.07. The van der Waals surface area contributed by atoms with Crippen LogP contribution < -0.4 is 0 Å². The number of rotatable bonds is 4. The summed E-state index contributed by atoms with van der Waals surface area (Å²) in [5.74, 6) is 1.53. The van der Waals surface area contributed by atoms with Gasteiger partial charge in [-0.05, 0) is 49.9 Å². The number of amides is 1. The summed E-state index contributed by atoms with van der Waals surface area (Å²) in [5, 5.41) is 0. The van der Waals surface area contributed by atoms with Crippen LogP contribution >= 0.6 is 0 Å². The van der Waals surface area contributed by atoms with Crippen LogP contribution in [0.25, 0.3) is 11.1 Å². The maximum atomic E-state index is 13.1. The SMILES string of the molecule is CC(C)n1ccnc1[C@H]1CCCN(C(=O)c2ccc(-c3ccccc3)cc2)C1. The van der Waals surface area contributed by atoms with Crippen LogP contribution in [-0.2, 0) is 0 Å². The number of nitrogens with zero attached hydrogens (tertiary/aromatic N) is 3. The number of carbonyl (C=O) groups excluding carboxylic acids is 1. The standard InChI is InChI=1S/C24H27N3O/c1-18(2)27-16-14-25-23(27)22-9-6-15-26(17-22)24(28)21-12-10-20(11-13-21)19-7-4-3-5-8-19/h3-5,7-8,10-14,16,18,22H,6,9,15,17H2,1-2H3/t22-/m0/s1. The van der Waals surface area contributed by atoms with E-state index in [1.165, 1.54) is 5.56 Å². The number of benzene rings is 2. The molecule has 28 heavy (non-hydrogen) atoms. The Morgan fingerprint density at radius 3 is 2.46 bits per heavy atom. The first-order chi connectivity index (χ1) is 13.6. The van der Waals surface area contributed by atoms with Gasteiger partial charge in [0.1, 0.15) is 5.82 Å². The van der Waals surface area contributed by atoms with Gasteiger partial charge in [-0.25, -0.2) is 4.98 Å². The van der Waals surface area contributed by atoms with Gasteiger partial charge in [-0.3, -0.25) is 4.79 Å². The Hall–Kier alpha value is -2.88. The smallest absolute Gasteiger partial charge is 0.253 e. The summed E-state index contributed by atoms with van der Waals surface area (Å²) in [7, 11) is 0. The fraction of sp³-hybridized carbons (Fsp3) is 0.333. The van der Waals surface area contributed by atoms with E-state index in [9.17, 15) is 4.79 Å². The lowest BCUT2D eigenvalue weighted by Gasteiger charge is -2.33. The monoisotopic (exact) mass is 373 g/mol. The third kappa shape index (κ3) is 3.72. The molecule has 0 saturated carbocycles. The highest BCUT2D eigenvalue weighted by Crippen LogP contribution is 2.28. The maximum Gasteiger partial charge on any atom is 0.253 e. The summed E-state index contributed by atoms with van der Waals surface area (Å²) < 4.78 is 2.23. The molecule has 0 spiro atoms. The minimum absolute atomic E-state index is 0.118. The van der Waals surface area contributed by atoms with Crippen LogP contribution in [0.2, 0.25) is 0 Å². The average molecular weight is 374 g/mol. The van der Waals surface area contributed by atoms with Crippen molar-refractivity contribution in [3.05, 3.63) is 78.4 Å². The number of imidazole rings is 1. The van der Waals surface area contributed by atoms with Crippen molar-refractivity contribution in [1.29, 1.82) is 0 Å². The van der Waals surface area contributed by atoms with E-state index in [0.29, 0.717) is 12.0 Å². The predicted octanol–water partition coefficient (Wildman–Crippen LogP) is 5.15. The zero-order chi connectivity index (χ0) is 19.5. The molecule has 0 unspecified atom stereocenters. The molecule has 2 aromatic carbocycles. The Balaban J connectivity index is 1.49. The largest absolute Gasteiger partial charge is 0.338 e. The van der Waals surface area contributed by atoms with Gasteiger partial charge in [0, 0.05) is 43.0 Å². The van der Waals surface area contributed by atoms with Gasteiger partial charge in [0.2, 0.25) is 0 Å². The molecule has 0 radical (unpaired) electrons. The van der Waals surface area contributed by atoms with E-state index >= 15 is 0 Å². The van der Waals surface area contributed by atoms with Crippen molar-refractivity contribution in [2.75, 3.05) is 13.1 Å². The number of hydrogen-bond donors (Lipinski definition) is 0.